The van der Waals surface area contributed by atoms with Crippen molar-refractivity contribution in [3.8, 4) is 0 Å². The van der Waals surface area contributed by atoms with Crippen molar-refractivity contribution in [1.29, 1.82) is 0 Å². The largest absolute Gasteiger partial charge is 0.389 e. The Morgan fingerprint density at radius 3 is 2.45 bits per heavy atom. The van der Waals surface area contributed by atoms with Gasteiger partial charge in [0.1, 0.15) is 0 Å². The third-order valence-corrected chi connectivity index (χ3v) is 4.87. The average molecular weight is 284 g/mol. The van der Waals surface area contributed by atoms with Gasteiger partial charge in [-0.3, -0.25) is 4.90 Å². The normalized spacial score (nSPS) is 25.4. The molecule has 0 aromatic rings. The molecule has 3 heteroatoms. The molecule has 3 nitrogen and oxygen atoms in total. The first kappa shape index (κ1) is 17.9. The zero-order valence-electron chi connectivity index (χ0n) is 14.3. The zero-order chi connectivity index (χ0) is 15.2. The summed E-state index contributed by atoms with van der Waals surface area (Å²) in [6.07, 6.45) is 4.47. The number of likely N-dealkylation sites (tertiary alicyclic amines) is 1. The smallest absolute Gasteiger partial charge is 0.0746 e. The summed E-state index contributed by atoms with van der Waals surface area (Å²) in [7, 11) is 0. The minimum atomic E-state index is -0.489. The van der Waals surface area contributed by atoms with E-state index in [1.807, 2.05) is 6.92 Å². The van der Waals surface area contributed by atoms with Crippen LogP contribution in [0.15, 0.2) is 0 Å². The van der Waals surface area contributed by atoms with Gasteiger partial charge in [-0.2, -0.15) is 0 Å². The number of piperidine rings is 1. The zero-order valence-corrected chi connectivity index (χ0v) is 14.3. The number of nitrogens with zero attached hydrogens (tertiary/aromatic N) is 1. The molecule has 1 heterocycles. The van der Waals surface area contributed by atoms with E-state index < -0.39 is 5.60 Å². The molecule has 1 saturated heterocycles. The van der Waals surface area contributed by atoms with E-state index in [9.17, 15) is 5.11 Å². The highest BCUT2D eigenvalue weighted by atomic mass is 16.3. The van der Waals surface area contributed by atoms with Gasteiger partial charge in [-0.05, 0) is 57.0 Å². The summed E-state index contributed by atoms with van der Waals surface area (Å²) < 4.78 is 0. The van der Waals surface area contributed by atoms with Crippen molar-refractivity contribution in [2.24, 2.45) is 11.3 Å². The molecule has 0 aromatic carbocycles. The first-order chi connectivity index (χ1) is 9.32. The first-order valence-electron chi connectivity index (χ1n) is 8.48. The van der Waals surface area contributed by atoms with Crippen molar-refractivity contribution in [3.05, 3.63) is 0 Å². The topological polar surface area (TPSA) is 35.5 Å². The van der Waals surface area contributed by atoms with Crippen LogP contribution in [-0.4, -0.2) is 48.3 Å². The second-order valence-corrected chi connectivity index (χ2v) is 7.54. The molecule has 0 spiro atoms. The standard InChI is InChI=1S/C17H36N2O/c1-6-17(7-2,12-18-11-15(3)4)14-19-10-8-9-16(5,20)13-19/h15,18,20H,6-14H2,1-5H3. The van der Waals surface area contributed by atoms with Gasteiger partial charge < -0.3 is 10.4 Å². The van der Waals surface area contributed by atoms with Gasteiger partial charge in [0, 0.05) is 19.6 Å². The molecule has 120 valence electrons. The van der Waals surface area contributed by atoms with Crippen LogP contribution in [0.25, 0.3) is 0 Å². The molecule has 0 bridgehead atoms. The Morgan fingerprint density at radius 1 is 1.30 bits per heavy atom. The monoisotopic (exact) mass is 284 g/mol. The molecular weight excluding hydrogens is 248 g/mol. The van der Waals surface area contributed by atoms with Crippen LogP contribution in [0.1, 0.15) is 60.3 Å². The van der Waals surface area contributed by atoms with Crippen LogP contribution in [0.5, 0.6) is 0 Å². The van der Waals surface area contributed by atoms with Gasteiger partial charge in [0.15, 0.2) is 0 Å². The van der Waals surface area contributed by atoms with E-state index >= 15 is 0 Å². The van der Waals surface area contributed by atoms with Crippen molar-refractivity contribution in [3.63, 3.8) is 0 Å². The fourth-order valence-electron chi connectivity index (χ4n) is 3.34. The Morgan fingerprint density at radius 2 is 1.95 bits per heavy atom. The highest BCUT2D eigenvalue weighted by Crippen LogP contribution is 2.30. The predicted molar refractivity (Wildman–Crippen MR) is 87.0 cm³/mol. The van der Waals surface area contributed by atoms with Crippen LogP contribution in [0.2, 0.25) is 0 Å². The molecule has 0 amide bonds. The number of β-amino-alcohol motifs (C(OH)–C–C–N with tert-alkyl or cyclic N) is 1. The molecule has 1 atom stereocenters. The number of hydrogen-bond acceptors (Lipinski definition) is 3. The number of aliphatic hydroxyl groups is 1. The van der Waals surface area contributed by atoms with Crippen molar-refractivity contribution in [1.82, 2.24) is 10.2 Å². The quantitative estimate of drug-likeness (QED) is 0.719. The minimum Gasteiger partial charge on any atom is -0.389 e. The summed E-state index contributed by atoms with van der Waals surface area (Å²) in [5.74, 6) is 0.706. The van der Waals surface area contributed by atoms with Crippen molar-refractivity contribution < 1.29 is 5.11 Å². The summed E-state index contributed by atoms with van der Waals surface area (Å²) in [4.78, 5) is 2.48. The lowest BCUT2D eigenvalue weighted by Crippen LogP contribution is -2.51. The lowest BCUT2D eigenvalue weighted by atomic mass is 9.80. The maximum atomic E-state index is 10.3. The fourth-order valence-corrected chi connectivity index (χ4v) is 3.34. The van der Waals surface area contributed by atoms with Crippen molar-refractivity contribution in [2.75, 3.05) is 32.7 Å². The van der Waals surface area contributed by atoms with E-state index in [2.05, 4.69) is 37.9 Å². The second kappa shape index (κ2) is 7.77. The molecule has 1 aliphatic heterocycles. The summed E-state index contributed by atoms with van der Waals surface area (Å²) in [6, 6.07) is 0. The molecule has 1 aliphatic rings. The third-order valence-electron chi connectivity index (χ3n) is 4.87. The summed E-state index contributed by atoms with van der Waals surface area (Å²) >= 11 is 0. The van der Waals surface area contributed by atoms with Gasteiger partial charge in [0.25, 0.3) is 0 Å². The van der Waals surface area contributed by atoms with E-state index in [1.165, 1.54) is 12.8 Å². The van der Waals surface area contributed by atoms with E-state index in [0.717, 1.165) is 45.6 Å². The SMILES string of the molecule is CCC(CC)(CNCC(C)C)CN1CCCC(C)(O)C1. The summed E-state index contributed by atoms with van der Waals surface area (Å²) in [5, 5.41) is 13.9. The molecule has 1 rings (SSSR count). The Bertz CT molecular complexity index is 272. The van der Waals surface area contributed by atoms with E-state index in [-0.39, 0.29) is 0 Å². The van der Waals surface area contributed by atoms with Crippen molar-refractivity contribution >= 4 is 0 Å². The Balaban J connectivity index is 2.56. The highest BCUT2D eigenvalue weighted by molar-refractivity contribution is 4.89. The van der Waals surface area contributed by atoms with E-state index in [0.29, 0.717) is 11.3 Å². The molecule has 20 heavy (non-hydrogen) atoms. The molecule has 2 N–H and O–H groups in total. The number of rotatable bonds is 8. The summed E-state index contributed by atoms with van der Waals surface area (Å²) in [6.45, 7) is 16.4. The maximum Gasteiger partial charge on any atom is 0.0746 e. The van der Waals surface area contributed by atoms with Gasteiger partial charge in [0.2, 0.25) is 0 Å². The molecule has 0 aliphatic carbocycles. The van der Waals surface area contributed by atoms with Gasteiger partial charge in [-0.25, -0.2) is 0 Å². The molecule has 0 saturated carbocycles. The third kappa shape index (κ3) is 5.71. The number of nitrogens with one attached hydrogen (secondary N) is 1. The van der Waals surface area contributed by atoms with Crippen LogP contribution in [0, 0.1) is 11.3 Å². The lowest BCUT2D eigenvalue weighted by Gasteiger charge is -2.43. The molecular formula is C17H36N2O. The van der Waals surface area contributed by atoms with Crippen LogP contribution in [0.4, 0.5) is 0 Å². The van der Waals surface area contributed by atoms with Crippen LogP contribution < -0.4 is 5.32 Å². The van der Waals surface area contributed by atoms with Crippen molar-refractivity contribution in [2.45, 2.75) is 65.9 Å². The van der Waals surface area contributed by atoms with E-state index in [1.54, 1.807) is 0 Å². The Kier molecular flexibility index (Phi) is 6.96. The van der Waals surface area contributed by atoms with Gasteiger partial charge in [-0.1, -0.05) is 27.7 Å². The Hall–Kier alpha value is -0.120. The fraction of sp³-hybridized carbons (Fsp3) is 1.00. The first-order valence-corrected chi connectivity index (χ1v) is 8.48. The summed E-state index contributed by atoms with van der Waals surface area (Å²) in [5.41, 5.74) is -0.140. The van der Waals surface area contributed by atoms with Gasteiger partial charge in [-0.15, -0.1) is 0 Å². The number of hydrogen-bond donors (Lipinski definition) is 2. The molecule has 0 radical (unpaired) electrons. The van der Waals surface area contributed by atoms with Crippen LogP contribution >= 0.6 is 0 Å². The molecule has 1 unspecified atom stereocenters. The minimum absolute atomic E-state index is 0.350. The second-order valence-electron chi connectivity index (χ2n) is 7.54. The van der Waals surface area contributed by atoms with Crippen LogP contribution in [-0.2, 0) is 0 Å². The molecule has 0 aromatic heterocycles. The maximum absolute atomic E-state index is 10.3. The molecule has 1 fully saturated rings. The highest BCUT2D eigenvalue weighted by Gasteiger charge is 2.34. The average Bonchev–Trinajstić information content (AvgIpc) is 2.36. The van der Waals surface area contributed by atoms with E-state index in [4.69, 9.17) is 0 Å². The van der Waals surface area contributed by atoms with Gasteiger partial charge in [0.05, 0.1) is 5.60 Å². The predicted octanol–water partition coefficient (Wildman–Crippen LogP) is 2.89. The lowest BCUT2D eigenvalue weighted by molar-refractivity contribution is -0.0296. The van der Waals surface area contributed by atoms with Gasteiger partial charge >= 0.3 is 0 Å². The Labute approximate surface area is 126 Å². The van der Waals surface area contributed by atoms with Crippen LogP contribution in [0.3, 0.4) is 0 Å².